The number of methoxy groups -OCH3 is 1. The number of benzene rings is 1. The average molecular weight is 262 g/mol. The number of nitrogens with one attached hydrogen (secondary N) is 1. The molecular formula is C15H22N2O2. The predicted molar refractivity (Wildman–Crippen MR) is 75.1 cm³/mol. The molecule has 1 aromatic rings. The first-order chi connectivity index (χ1) is 8.92. The van der Waals surface area contributed by atoms with Gasteiger partial charge in [0.1, 0.15) is 11.9 Å². The molecular weight excluding hydrogens is 240 g/mol. The molecule has 0 aliphatic carbocycles. The molecule has 0 saturated carbocycles. The summed E-state index contributed by atoms with van der Waals surface area (Å²) < 4.78 is 5.27. The van der Waals surface area contributed by atoms with E-state index in [4.69, 9.17) is 4.74 Å². The van der Waals surface area contributed by atoms with Gasteiger partial charge in [-0.1, -0.05) is 13.0 Å². The van der Waals surface area contributed by atoms with Gasteiger partial charge in [0, 0.05) is 7.05 Å². The Morgan fingerprint density at radius 1 is 1.47 bits per heavy atom. The topological polar surface area (TPSA) is 41.6 Å². The molecule has 1 aliphatic heterocycles. The van der Waals surface area contributed by atoms with Gasteiger partial charge in [0.25, 0.3) is 0 Å². The molecule has 1 aromatic carbocycles. The normalized spacial score (nSPS) is 26.9. The van der Waals surface area contributed by atoms with Crippen LogP contribution in [0.25, 0.3) is 0 Å². The molecule has 2 rings (SSSR count). The highest BCUT2D eigenvalue weighted by molar-refractivity contribution is 5.88. The lowest BCUT2D eigenvalue weighted by Gasteiger charge is -2.21. The van der Waals surface area contributed by atoms with Gasteiger partial charge in [0.2, 0.25) is 5.91 Å². The number of hydrogen-bond donors (Lipinski definition) is 1. The molecule has 1 aliphatic rings. The monoisotopic (exact) mass is 262 g/mol. The molecule has 0 spiro atoms. The molecule has 0 bridgehead atoms. The van der Waals surface area contributed by atoms with Gasteiger partial charge in [0.05, 0.1) is 12.6 Å². The van der Waals surface area contributed by atoms with Gasteiger partial charge in [-0.3, -0.25) is 10.1 Å². The highest BCUT2D eigenvalue weighted by Gasteiger charge is 2.45. The summed E-state index contributed by atoms with van der Waals surface area (Å²) in [6.45, 7) is 6.00. The Hall–Kier alpha value is -1.55. The van der Waals surface area contributed by atoms with Gasteiger partial charge < -0.3 is 9.64 Å². The molecule has 0 aromatic heterocycles. The number of nitrogens with zero attached hydrogens (tertiary/aromatic N) is 1. The van der Waals surface area contributed by atoms with Crippen LogP contribution in [0.4, 0.5) is 0 Å². The second kappa shape index (κ2) is 4.85. The minimum atomic E-state index is -0.465. The fourth-order valence-electron chi connectivity index (χ4n) is 2.60. The van der Waals surface area contributed by atoms with E-state index in [1.54, 1.807) is 12.0 Å². The van der Waals surface area contributed by atoms with Crippen molar-refractivity contribution in [2.75, 3.05) is 14.2 Å². The Bertz CT molecular complexity index is 501. The van der Waals surface area contributed by atoms with Crippen LogP contribution in [0.2, 0.25) is 0 Å². The van der Waals surface area contributed by atoms with Crippen LogP contribution >= 0.6 is 0 Å². The number of rotatable bonds is 3. The van der Waals surface area contributed by atoms with Crippen molar-refractivity contribution in [2.24, 2.45) is 0 Å². The van der Waals surface area contributed by atoms with Crippen molar-refractivity contribution in [3.05, 3.63) is 29.3 Å². The number of carbonyl (C=O) groups is 1. The molecule has 104 valence electrons. The van der Waals surface area contributed by atoms with E-state index in [-0.39, 0.29) is 12.1 Å². The highest BCUT2D eigenvalue weighted by atomic mass is 16.5. The van der Waals surface area contributed by atoms with Gasteiger partial charge in [-0.2, -0.15) is 0 Å². The second-order valence-electron chi connectivity index (χ2n) is 5.38. The first kappa shape index (κ1) is 13.9. The zero-order valence-corrected chi connectivity index (χ0v) is 12.3. The van der Waals surface area contributed by atoms with Crippen LogP contribution in [-0.2, 0) is 4.79 Å². The molecule has 4 nitrogen and oxygen atoms in total. The van der Waals surface area contributed by atoms with Gasteiger partial charge in [-0.15, -0.1) is 0 Å². The molecule has 2 atom stereocenters. The lowest BCUT2D eigenvalue weighted by molar-refractivity contribution is -0.131. The molecule has 1 saturated heterocycles. The van der Waals surface area contributed by atoms with Crippen LogP contribution in [0.15, 0.2) is 18.2 Å². The quantitative estimate of drug-likeness (QED) is 0.908. The Morgan fingerprint density at radius 3 is 2.63 bits per heavy atom. The lowest BCUT2D eigenvalue weighted by atomic mass is 9.99. The smallest absolute Gasteiger partial charge is 0.243 e. The molecule has 1 heterocycles. The number of carbonyl (C=O) groups excluding carboxylic acids is 1. The van der Waals surface area contributed by atoms with Crippen LogP contribution in [0.3, 0.4) is 0 Å². The molecule has 2 unspecified atom stereocenters. The van der Waals surface area contributed by atoms with E-state index in [2.05, 4.69) is 11.4 Å². The van der Waals surface area contributed by atoms with E-state index in [9.17, 15) is 4.79 Å². The number of likely N-dealkylation sites (N-methyl/N-ethyl adjacent to an activating group) is 1. The van der Waals surface area contributed by atoms with Crippen molar-refractivity contribution in [1.82, 2.24) is 10.2 Å². The van der Waals surface area contributed by atoms with Crippen molar-refractivity contribution < 1.29 is 9.53 Å². The van der Waals surface area contributed by atoms with Crippen LogP contribution in [0, 0.1) is 6.92 Å². The van der Waals surface area contributed by atoms with Crippen LogP contribution in [0.1, 0.15) is 37.6 Å². The highest BCUT2D eigenvalue weighted by Crippen LogP contribution is 2.32. The zero-order valence-electron chi connectivity index (χ0n) is 12.3. The largest absolute Gasteiger partial charge is 0.496 e. The van der Waals surface area contributed by atoms with Gasteiger partial charge >= 0.3 is 0 Å². The first-order valence-corrected chi connectivity index (χ1v) is 6.62. The van der Waals surface area contributed by atoms with E-state index in [1.807, 2.05) is 40.0 Å². The van der Waals surface area contributed by atoms with Crippen molar-refractivity contribution in [2.45, 2.75) is 38.9 Å². The van der Waals surface area contributed by atoms with Gasteiger partial charge in [-0.25, -0.2) is 0 Å². The second-order valence-corrected chi connectivity index (χ2v) is 5.38. The summed E-state index contributed by atoms with van der Waals surface area (Å²) in [5.41, 5.74) is 1.70. The van der Waals surface area contributed by atoms with Crippen LogP contribution in [-0.4, -0.2) is 30.5 Å². The predicted octanol–water partition coefficient (Wildman–Crippen LogP) is 2.23. The SMILES string of the molecule is CCC1(C)NC(c2ccc(OC)c(C)c2)N(C)C1=O. The van der Waals surface area contributed by atoms with E-state index >= 15 is 0 Å². The summed E-state index contributed by atoms with van der Waals surface area (Å²) in [6, 6.07) is 6.03. The van der Waals surface area contributed by atoms with Gasteiger partial charge in [-0.05, 0) is 43.5 Å². The lowest BCUT2D eigenvalue weighted by Crippen LogP contribution is -2.42. The van der Waals surface area contributed by atoms with E-state index < -0.39 is 5.54 Å². The minimum Gasteiger partial charge on any atom is -0.496 e. The number of ether oxygens (including phenoxy) is 1. The maximum absolute atomic E-state index is 12.3. The Morgan fingerprint density at radius 2 is 2.16 bits per heavy atom. The molecule has 1 amide bonds. The van der Waals surface area contributed by atoms with Crippen LogP contribution < -0.4 is 10.1 Å². The first-order valence-electron chi connectivity index (χ1n) is 6.62. The summed E-state index contributed by atoms with van der Waals surface area (Å²) in [5.74, 6) is 1.02. The average Bonchev–Trinajstić information content (AvgIpc) is 2.64. The summed E-state index contributed by atoms with van der Waals surface area (Å²) in [4.78, 5) is 14.1. The van der Waals surface area contributed by atoms with Crippen molar-refractivity contribution in [3.8, 4) is 5.75 Å². The standard InChI is InChI=1S/C15H22N2O2/c1-6-15(3)14(18)17(4)13(16-15)11-7-8-12(19-5)10(2)9-11/h7-9,13,16H,6H2,1-5H3. The molecule has 1 N–H and O–H groups in total. The number of amides is 1. The Balaban J connectivity index is 2.33. The molecule has 19 heavy (non-hydrogen) atoms. The van der Waals surface area contributed by atoms with Crippen LogP contribution in [0.5, 0.6) is 5.75 Å². The number of aryl methyl sites for hydroxylation is 1. The third kappa shape index (κ3) is 2.21. The van der Waals surface area contributed by atoms with Gasteiger partial charge in [0.15, 0.2) is 0 Å². The van der Waals surface area contributed by atoms with E-state index in [0.717, 1.165) is 23.3 Å². The Kier molecular flexibility index (Phi) is 3.54. The third-order valence-corrected chi connectivity index (χ3v) is 4.08. The third-order valence-electron chi connectivity index (χ3n) is 4.08. The van der Waals surface area contributed by atoms with Crippen molar-refractivity contribution in [1.29, 1.82) is 0 Å². The molecule has 1 fully saturated rings. The fraction of sp³-hybridized carbons (Fsp3) is 0.533. The van der Waals surface area contributed by atoms with E-state index in [1.165, 1.54) is 0 Å². The summed E-state index contributed by atoms with van der Waals surface area (Å²) in [6.07, 6.45) is 0.712. The maximum Gasteiger partial charge on any atom is 0.243 e. The minimum absolute atomic E-state index is 0.0675. The summed E-state index contributed by atoms with van der Waals surface area (Å²) in [7, 11) is 3.51. The summed E-state index contributed by atoms with van der Waals surface area (Å²) >= 11 is 0. The number of hydrogen-bond acceptors (Lipinski definition) is 3. The zero-order chi connectivity index (χ0) is 14.2. The maximum atomic E-state index is 12.3. The van der Waals surface area contributed by atoms with Crippen molar-refractivity contribution in [3.63, 3.8) is 0 Å². The van der Waals surface area contributed by atoms with Crippen molar-refractivity contribution >= 4 is 5.91 Å². The Labute approximate surface area is 114 Å². The molecule has 0 radical (unpaired) electrons. The van der Waals surface area contributed by atoms with E-state index in [0.29, 0.717) is 0 Å². The molecule has 4 heteroatoms. The summed E-state index contributed by atoms with van der Waals surface area (Å²) in [5, 5.41) is 3.43. The fourth-order valence-corrected chi connectivity index (χ4v) is 2.60.